The molecule has 0 saturated carbocycles. The van der Waals surface area contributed by atoms with Crippen molar-refractivity contribution in [3.05, 3.63) is 97.2 Å². The van der Waals surface area contributed by atoms with Crippen LogP contribution in [0.3, 0.4) is 0 Å². The zero-order valence-electron chi connectivity index (χ0n) is 21.9. The van der Waals surface area contributed by atoms with E-state index in [2.05, 4.69) is 11.6 Å². The highest BCUT2D eigenvalue weighted by molar-refractivity contribution is 7.07. The van der Waals surface area contributed by atoms with Gasteiger partial charge >= 0.3 is 5.97 Å². The van der Waals surface area contributed by atoms with Gasteiger partial charge in [-0.2, -0.15) is 0 Å². The molecule has 1 aliphatic heterocycles. The van der Waals surface area contributed by atoms with Crippen LogP contribution in [0.5, 0.6) is 17.2 Å². The van der Waals surface area contributed by atoms with E-state index >= 15 is 0 Å². The summed E-state index contributed by atoms with van der Waals surface area (Å²) < 4.78 is 24.3. The van der Waals surface area contributed by atoms with E-state index in [1.165, 1.54) is 11.3 Å². The molecule has 2 heterocycles. The Morgan fingerprint density at radius 1 is 1.13 bits per heavy atom. The number of para-hydroxylation sites is 1. The first-order chi connectivity index (χ1) is 18.4. The number of thiazole rings is 1. The van der Waals surface area contributed by atoms with Crippen LogP contribution in [0, 0.1) is 0 Å². The molecule has 2 aromatic carbocycles. The zero-order chi connectivity index (χ0) is 27.2. The lowest BCUT2D eigenvalue weighted by Gasteiger charge is -2.24. The molecule has 1 aromatic heterocycles. The van der Waals surface area contributed by atoms with Crippen LogP contribution in [-0.4, -0.2) is 37.5 Å². The number of hydrogen-bond acceptors (Lipinski definition) is 8. The minimum Gasteiger partial charge on any atom is -0.494 e. The van der Waals surface area contributed by atoms with Crippen LogP contribution in [-0.2, 0) is 9.53 Å². The van der Waals surface area contributed by atoms with Crippen molar-refractivity contribution in [1.29, 1.82) is 0 Å². The number of aromatic nitrogens is 1. The van der Waals surface area contributed by atoms with Gasteiger partial charge < -0.3 is 18.9 Å². The molecule has 38 heavy (non-hydrogen) atoms. The summed E-state index contributed by atoms with van der Waals surface area (Å²) in [5, 5.41) is 0. The highest BCUT2D eigenvalue weighted by atomic mass is 32.1. The van der Waals surface area contributed by atoms with Crippen LogP contribution in [0.15, 0.2) is 76.2 Å². The Bertz CT molecular complexity index is 1550. The summed E-state index contributed by atoms with van der Waals surface area (Å²) in [6.07, 6.45) is 3.39. The largest absolute Gasteiger partial charge is 0.494 e. The van der Waals surface area contributed by atoms with Crippen molar-refractivity contribution in [3.63, 3.8) is 0 Å². The molecule has 0 radical (unpaired) electrons. The number of carbonyl (C=O) groups is 1. The van der Waals surface area contributed by atoms with Gasteiger partial charge in [0.2, 0.25) is 0 Å². The van der Waals surface area contributed by atoms with Crippen LogP contribution in [0.25, 0.3) is 6.08 Å². The highest BCUT2D eigenvalue weighted by Crippen LogP contribution is 2.33. The first kappa shape index (κ1) is 26.9. The standard InChI is InChI=1S/C29H30N2O6S/c1-6-16-37-26-20(10-9-11-22(26)34-5)17-23-27(32)31-25(19-12-14-21(15-13-19)35-7-2)24(28(33)36-8-3)18(4)30-29(31)38-23/h6,9-15,17,25H,1,7-8,16H2,2-5H3/b23-17-/t25-/m1/s1. The van der Waals surface area contributed by atoms with E-state index < -0.39 is 12.0 Å². The minimum atomic E-state index is -0.704. The Hall–Kier alpha value is -4.11. The molecule has 9 heteroatoms. The van der Waals surface area contributed by atoms with Crippen LogP contribution < -0.4 is 29.1 Å². The van der Waals surface area contributed by atoms with E-state index in [0.717, 1.165) is 5.56 Å². The molecule has 0 N–H and O–H groups in total. The predicted molar refractivity (Wildman–Crippen MR) is 147 cm³/mol. The number of rotatable bonds is 10. The van der Waals surface area contributed by atoms with Crippen molar-refractivity contribution in [2.75, 3.05) is 26.9 Å². The number of hydrogen-bond donors (Lipinski definition) is 0. The lowest BCUT2D eigenvalue weighted by molar-refractivity contribution is -0.139. The molecule has 3 aromatic rings. The van der Waals surface area contributed by atoms with E-state index in [4.69, 9.17) is 18.9 Å². The minimum absolute atomic E-state index is 0.208. The molecule has 0 fully saturated rings. The third-order valence-electron chi connectivity index (χ3n) is 5.89. The van der Waals surface area contributed by atoms with Crippen molar-refractivity contribution in [3.8, 4) is 17.2 Å². The summed E-state index contributed by atoms with van der Waals surface area (Å²) in [7, 11) is 1.56. The lowest BCUT2D eigenvalue weighted by atomic mass is 9.96. The molecule has 1 atom stereocenters. The topological polar surface area (TPSA) is 88.4 Å². The summed E-state index contributed by atoms with van der Waals surface area (Å²) >= 11 is 1.24. The molecule has 0 amide bonds. The number of nitrogens with zero attached hydrogens (tertiary/aromatic N) is 2. The molecule has 0 aliphatic carbocycles. The highest BCUT2D eigenvalue weighted by Gasteiger charge is 2.33. The number of benzene rings is 2. The molecule has 4 rings (SSSR count). The van der Waals surface area contributed by atoms with Crippen molar-refractivity contribution in [1.82, 2.24) is 4.57 Å². The van der Waals surface area contributed by atoms with Crippen molar-refractivity contribution in [2.45, 2.75) is 26.8 Å². The van der Waals surface area contributed by atoms with Gasteiger partial charge in [0.25, 0.3) is 5.56 Å². The Morgan fingerprint density at radius 2 is 1.89 bits per heavy atom. The van der Waals surface area contributed by atoms with Gasteiger partial charge in [-0.1, -0.05) is 48.3 Å². The molecule has 0 bridgehead atoms. The maximum Gasteiger partial charge on any atom is 0.338 e. The van der Waals surface area contributed by atoms with Crippen LogP contribution in [0.2, 0.25) is 0 Å². The zero-order valence-corrected chi connectivity index (χ0v) is 22.7. The van der Waals surface area contributed by atoms with Gasteiger partial charge in [0, 0.05) is 5.56 Å². The molecule has 0 saturated heterocycles. The molecule has 8 nitrogen and oxygen atoms in total. The second-order valence-electron chi connectivity index (χ2n) is 8.28. The smallest absolute Gasteiger partial charge is 0.338 e. The summed E-state index contributed by atoms with van der Waals surface area (Å²) in [6, 6.07) is 12.1. The summed E-state index contributed by atoms with van der Waals surface area (Å²) in [5.74, 6) is 1.25. The Labute approximate surface area is 224 Å². The first-order valence-corrected chi connectivity index (χ1v) is 13.1. The van der Waals surface area contributed by atoms with Gasteiger partial charge in [-0.25, -0.2) is 9.79 Å². The van der Waals surface area contributed by atoms with Gasteiger partial charge in [0.1, 0.15) is 12.4 Å². The van der Waals surface area contributed by atoms with E-state index in [0.29, 0.717) is 50.0 Å². The van der Waals surface area contributed by atoms with E-state index in [1.807, 2.05) is 43.3 Å². The van der Waals surface area contributed by atoms with E-state index in [-0.39, 0.29) is 18.8 Å². The van der Waals surface area contributed by atoms with Gasteiger partial charge in [-0.3, -0.25) is 9.36 Å². The normalized spacial score (nSPS) is 14.9. The molecular weight excluding hydrogens is 504 g/mol. The number of ether oxygens (including phenoxy) is 4. The Balaban J connectivity index is 1.92. The summed E-state index contributed by atoms with van der Waals surface area (Å²) in [6.45, 7) is 10.1. The molecule has 0 spiro atoms. The fraction of sp³-hybridized carbons (Fsp3) is 0.276. The average Bonchev–Trinajstić information content (AvgIpc) is 3.21. The van der Waals surface area contributed by atoms with Crippen molar-refractivity contribution < 1.29 is 23.7 Å². The summed E-state index contributed by atoms with van der Waals surface area (Å²) in [4.78, 5) is 32.1. The van der Waals surface area contributed by atoms with E-state index in [9.17, 15) is 9.59 Å². The first-order valence-electron chi connectivity index (χ1n) is 12.3. The quantitative estimate of drug-likeness (QED) is 0.291. The van der Waals surface area contributed by atoms with Crippen LogP contribution in [0.1, 0.15) is 37.9 Å². The van der Waals surface area contributed by atoms with Crippen LogP contribution >= 0.6 is 11.3 Å². The number of methoxy groups -OCH3 is 1. The average molecular weight is 535 g/mol. The monoisotopic (exact) mass is 534 g/mol. The number of esters is 1. The number of carbonyl (C=O) groups excluding carboxylic acids is 1. The summed E-state index contributed by atoms with van der Waals surface area (Å²) in [5.41, 5.74) is 1.97. The molecule has 198 valence electrons. The number of allylic oxidation sites excluding steroid dienone is 1. The van der Waals surface area contributed by atoms with E-state index in [1.54, 1.807) is 43.7 Å². The molecular formula is C29H30N2O6S. The van der Waals surface area contributed by atoms with Crippen LogP contribution in [0.4, 0.5) is 0 Å². The maximum absolute atomic E-state index is 13.9. The van der Waals surface area contributed by atoms with Gasteiger partial charge in [-0.15, -0.1) is 0 Å². The lowest BCUT2D eigenvalue weighted by Crippen LogP contribution is -2.39. The SMILES string of the molecule is C=CCOc1c(/C=c2\sc3n(c2=O)[C@H](c2ccc(OCC)cc2)C(C(=O)OCC)=C(C)N=3)cccc1OC. The third-order valence-corrected chi connectivity index (χ3v) is 6.87. The molecule has 0 unspecified atom stereocenters. The van der Waals surface area contributed by atoms with Crippen molar-refractivity contribution in [2.24, 2.45) is 4.99 Å². The third kappa shape index (κ3) is 5.28. The molecule has 1 aliphatic rings. The second-order valence-corrected chi connectivity index (χ2v) is 9.29. The van der Waals surface area contributed by atoms with Crippen molar-refractivity contribution >= 4 is 23.4 Å². The number of fused-ring (bicyclic) bond motifs is 1. The fourth-order valence-corrected chi connectivity index (χ4v) is 5.30. The Morgan fingerprint density at radius 3 is 2.55 bits per heavy atom. The predicted octanol–water partition coefficient (Wildman–Crippen LogP) is 3.77. The van der Waals surface area contributed by atoms with Gasteiger partial charge in [0.05, 0.1) is 42.2 Å². The fourth-order valence-electron chi connectivity index (χ4n) is 4.27. The maximum atomic E-state index is 13.9. The van der Waals surface area contributed by atoms with Gasteiger partial charge in [0.15, 0.2) is 16.3 Å². The van der Waals surface area contributed by atoms with Gasteiger partial charge in [-0.05, 0) is 50.6 Å². The Kier molecular flexibility index (Phi) is 8.48. The second kappa shape index (κ2) is 12.0.